The minimum atomic E-state index is -4.55. The molecule has 3 heterocycles. The summed E-state index contributed by atoms with van der Waals surface area (Å²) in [6, 6.07) is 7.31. The van der Waals surface area contributed by atoms with Crippen LogP contribution in [0.4, 0.5) is 18.9 Å². The zero-order valence-electron chi connectivity index (χ0n) is 15.6. The van der Waals surface area contributed by atoms with E-state index < -0.39 is 12.0 Å². The minimum absolute atomic E-state index is 0.0382. The van der Waals surface area contributed by atoms with Crippen LogP contribution >= 0.6 is 0 Å². The van der Waals surface area contributed by atoms with Crippen molar-refractivity contribution in [1.82, 2.24) is 19.7 Å². The molecular weight excluding hydrogens is 387 g/mol. The van der Waals surface area contributed by atoms with Gasteiger partial charge >= 0.3 is 6.18 Å². The number of aromatic nitrogens is 3. The van der Waals surface area contributed by atoms with Crippen LogP contribution in [0.25, 0.3) is 0 Å². The molecule has 4 rings (SSSR count). The highest BCUT2D eigenvalue weighted by atomic mass is 19.4. The van der Waals surface area contributed by atoms with E-state index >= 15 is 0 Å². The van der Waals surface area contributed by atoms with Gasteiger partial charge in [0.25, 0.3) is 0 Å². The van der Waals surface area contributed by atoms with Gasteiger partial charge in [-0.25, -0.2) is 0 Å². The molecule has 0 aliphatic carbocycles. The van der Waals surface area contributed by atoms with E-state index in [1.165, 1.54) is 0 Å². The molecule has 10 heteroatoms. The fraction of sp³-hybridized carbons (Fsp3) is 0.474. The smallest absolute Gasteiger partial charge is 0.371 e. The number of piperidine rings is 1. The fourth-order valence-corrected chi connectivity index (χ4v) is 3.96. The zero-order valence-corrected chi connectivity index (χ0v) is 15.6. The number of hydrogen-bond donors (Lipinski definition) is 0. The van der Waals surface area contributed by atoms with Gasteiger partial charge in [-0.15, -0.1) is 10.2 Å². The Kier molecular flexibility index (Phi) is 5.01. The average molecular weight is 407 g/mol. The first-order valence-electron chi connectivity index (χ1n) is 9.45. The molecule has 1 aromatic carbocycles. The number of carbonyl (C=O) groups excluding carboxylic acids is 2. The highest BCUT2D eigenvalue weighted by molar-refractivity contribution is 5.79. The Morgan fingerprint density at radius 3 is 2.34 bits per heavy atom. The van der Waals surface area contributed by atoms with Crippen molar-refractivity contribution in [1.29, 1.82) is 0 Å². The molecule has 154 valence electrons. The first-order chi connectivity index (χ1) is 13.9. The third-order valence-corrected chi connectivity index (χ3v) is 5.56. The molecule has 1 amide bonds. The lowest BCUT2D eigenvalue weighted by atomic mass is 9.94. The molecule has 0 saturated carbocycles. The van der Waals surface area contributed by atoms with Crippen LogP contribution in [0.15, 0.2) is 24.3 Å². The lowest BCUT2D eigenvalue weighted by molar-refractivity contribution is -0.148. The van der Waals surface area contributed by atoms with Gasteiger partial charge in [-0.3, -0.25) is 9.59 Å². The second-order valence-corrected chi connectivity index (χ2v) is 7.32. The molecule has 2 aromatic rings. The number of amides is 1. The van der Waals surface area contributed by atoms with Crippen LogP contribution in [0.5, 0.6) is 0 Å². The van der Waals surface area contributed by atoms with Crippen molar-refractivity contribution in [2.24, 2.45) is 5.92 Å². The number of alkyl halides is 3. The van der Waals surface area contributed by atoms with Gasteiger partial charge in [0.2, 0.25) is 11.7 Å². The molecule has 29 heavy (non-hydrogen) atoms. The molecule has 0 spiro atoms. The number of anilines is 1. The van der Waals surface area contributed by atoms with Gasteiger partial charge in [0.05, 0.1) is 6.54 Å². The van der Waals surface area contributed by atoms with Crippen LogP contribution in [-0.4, -0.2) is 51.5 Å². The monoisotopic (exact) mass is 407 g/mol. The van der Waals surface area contributed by atoms with Crippen molar-refractivity contribution < 1.29 is 22.8 Å². The number of halogens is 3. The van der Waals surface area contributed by atoms with E-state index in [9.17, 15) is 22.8 Å². The predicted molar refractivity (Wildman–Crippen MR) is 97.2 cm³/mol. The number of fused-ring (bicyclic) bond motifs is 1. The second kappa shape index (κ2) is 7.49. The summed E-state index contributed by atoms with van der Waals surface area (Å²) in [6.45, 7) is 1.73. The number of benzene rings is 1. The number of rotatable bonds is 3. The molecule has 1 fully saturated rings. The SMILES string of the molecule is O=Cc1ccc(N2CCC(C(=O)N3CCn4c(nnc4C(F)(F)F)C3)CC2)cc1. The molecule has 7 nitrogen and oxygen atoms in total. The summed E-state index contributed by atoms with van der Waals surface area (Å²) in [5.74, 6) is -1.03. The summed E-state index contributed by atoms with van der Waals surface area (Å²) >= 11 is 0. The maximum atomic E-state index is 12.9. The topological polar surface area (TPSA) is 71.3 Å². The van der Waals surface area contributed by atoms with Crippen molar-refractivity contribution >= 4 is 17.9 Å². The Balaban J connectivity index is 1.36. The van der Waals surface area contributed by atoms with Crippen molar-refractivity contribution in [3.63, 3.8) is 0 Å². The Morgan fingerprint density at radius 2 is 1.72 bits per heavy atom. The molecular formula is C19H20F3N5O2. The van der Waals surface area contributed by atoms with Crippen molar-refractivity contribution in [3.8, 4) is 0 Å². The quantitative estimate of drug-likeness (QED) is 0.731. The number of carbonyl (C=O) groups is 2. The average Bonchev–Trinajstić information content (AvgIpc) is 3.17. The first-order valence-corrected chi connectivity index (χ1v) is 9.45. The van der Waals surface area contributed by atoms with Gasteiger partial charge in [0, 0.05) is 43.3 Å². The third-order valence-electron chi connectivity index (χ3n) is 5.56. The van der Waals surface area contributed by atoms with Crippen molar-refractivity contribution in [2.75, 3.05) is 24.5 Å². The van der Waals surface area contributed by atoms with E-state index in [0.717, 1.165) is 16.5 Å². The lowest BCUT2D eigenvalue weighted by Crippen LogP contribution is -2.45. The van der Waals surface area contributed by atoms with Crippen molar-refractivity contribution in [2.45, 2.75) is 32.1 Å². The van der Waals surface area contributed by atoms with E-state index in [4.69, 9.17) is 0 Å². The number of aldehydes is 1. The van der Waals surface area contributed by atoms with Gasteiger partial charge in [0.1, 0.15) is 6.29 Å². The van der Waals surface area contributed by atoms with Gasteiger partial charge in [-0.1, -0.05) is 0 Å². The maximum Gasteiger partial charge on any atom is 0.451 e. The molecule has 1 aromatic heterocycles. The molecule has 0 bridgehead atoms. The Bertz CT molecular complexity index is 902. The van der Waals surface area contributed by atoms with Crippen LogP contribution in [0.3, 0.4) is 0 Å². The minimum Gasteiger partial charge on any atom is -0.371 e. The van der Waals surface area contributed by atoms with Gasteiger partial charge in [-0.2, -0.15) is 13.2 Å². The Morgan fingerprint density at radius 1 is 1.03 bits per heavy atom. The van der Waals surface area contributed by atoms with Gasteiger partial charge < -0.3 is 14.4 Å². The van der Waals surface area contributed by atoms with Crippen LogP contribution in [0.2, 0.25) is 0 Å². The molecule has 2 aliphatic rings. The van der Waals surface area contributed by atoms with Gasteiger partial charge in [-0.05, 0) is 37.1 Å². The highest BCUT2D eigenvalue weighted by Gasteiger charge is 2.40. The number of hydrogen-bond acceptors (Lipinski definition) is 5. The molecule has 1 saturated heterocycles. The van der Waals surface area contributed by atoms with Crippen LogP contribution < -0.4 is 4.90 Å². The molecule has 2 aliphatic heterocycles. The number of nitrogens with zero attached hydrogens (tertiary/aromatic N) is 5. The summed E-state index contributed by atoms with van der Waals surface area (Å²) in [5, 5.41) is 6.89. The van der Waals surface area contributed by atoms with Crippen LogP contribution in [0.1, 0.15) is 34.8 Å². The van der Waals surface area contributed by atoms with Crippen molar-refractivity contribution in [3.05, 3.63) is 41.5 Å². The van der Waals surface area contributed by atoms with E-state index in [-0.39, 0.29) is 37.3 Å². The normalized spacial score (nSPS) is 17.9. The Labute approximate surface area is 165 Å². The fourth-order valence-electron chi connectivity index (χ4n) is 3.96. The highest BCUT2D eigenvalue weighted by Crippen LogP contribution is 2.30. The van der Waals surface area contributed by atoms with E-state index in [2.05, 4.69) is 15.1 Å². The lowest BCUT2D eigenvalue weighted by Gasteiger charge is -2.36. The molecule has 0 N–H and O–H groups in total. The Hall–Kier alpha value is -2.91. The van der Waals surface area contributed by atoms with E-state index in [1.54, 1.807) is 17.0 Å². The summed E-state index contributed by atoms with van der Waals surface area (Å²) in [6.07, 6.45) is -2.41. The van der Waals surface area contributed by atoms with Crippen LogP contribution in [0, 0.1) is 5.92 Å². The summed E-state index contributed by atoms with van der Waals surface area (Å²) in [5.41, 5.74) is 1.62. The molecule has 0 unspecified atom stereocenters. The summed E-state index contributed by atoms with van der Waals surface area (Å²) in [4.78, 5) is 27.4. The molecule has 0 atom stereocenters. The summed E-state index contributed by atoms with van der Waals surface area (Å²) < 4.78 is 39.9. The standard InChI is InChI=1S/C19H20F3N5O2/c20-19(21,22)18-24-23-16-11-26(9-10-27(16)18)17(29)14-5-7-25(8-6-14)15-3-1-13(12-28)2-4-15/h1-4,12,14H,5-11H2. The maximum absolute atomic E-state index is 12.9. The predicted octanol–water partition coefficient (Wildman–Crippen LogP) is 2.37. The van der Waals surface area contributed by atoms with E-state index in [0.29, 0.717) is 31.5 Å². The third kappa shape index (κ3) is 3.83. The molecule has 0 radical (unpaired) electrons. The first kappa shape index (κ1) is 19.4. The van der Waals surface area contributed by atoms with Gasteiger partial charge in [0.15, 0.2) is 5.82 Å². The van der Waals surface area contributed by atoms with E-state index in [1.807, 2.05) is 12.1 Å². The van der Waals surface area contributed by atoms with Crippen LogP contribution in [-0.2, 0) is 24.1 Å². The zero-order chi connectivity index (χ0) is 20.6. The largest absolute Gasteiger partial charge is 0.451 e. The summed E-state index contributed by atoms with van der Waals surface area (Å²) in [7, 11) is 0. The second-order valence-electron chi connectivity index (χ2n) is 7.32.